The molecule has 84 valence electrons. The first kappa shape index (κ1) is 10.5. The van der Waals surface area contributed by atoms with Gasteiger partial charge in [0, 0.05) is 6.07 Å². The third-order valence-electron chi connectivity index (χ3n) is 2.42. The highest BCUT2D eigenvalue weighted by Crippen LogP contribution is 2.25. The largest absolute Gasteiger partial charge is 0.497 e. The van der Waals surface area contributed by atoms with Crippen LogP contribution in [0.1, 0.15) is 5.56 Å². The predicted octanol–water partition coefficient (Wildman–Crippen LogP) is 2.12. The van der Waals surface area contributed by atoms with E-state index in [2.05, 4.69) is 0 Å². The van der Waals surface area contributed by atoms with E-state index in [1.165, 1.54) is 13.2 Å². The van der Waals surface area contributed by atoms with Gasteiger partial charge in [-0.25, -0.2) is 0 Å². The van der Waals surface area contributed by atoms with E-state index in [0.717, 1.165) is 5.56 Å². The number of hydrogen-bond acceptors (Lipinski definition) is 4. The van der Waals surface area contributed by atoms with E-state index in [1.807, 2.05) is 6.92 Å². The Bertz CT molecular complexity index is 578. The Morgan fingerprint density at radius 3 is 2.50 bits per heavy atom. The zero-order chi connectivity index (χ0) is 11.7. The molecule has 0 amide bonds. The molecule has 2 rings (SSSR count). The summed E-state index contributed by atoms with van der Waals surface area (Å²) in [6.07, 6.45) is 0. The van der Waals surface area contributed by atoms with Crippen LogP contribution < -0.4 is 14.9 Å². The monoisotopic (exact) mass is 220 g/mol. The Kier molecular flexibility index (Phi) is 2.56. The molecule has 0 radical (unpaired) electrons. The zero-order valence-corrected chi connectivity index (χ0v) is 9.37. The first-order chi connectivity index (χ1) is 7.65. The van der Waals surface area contributed by atoms with Crippen molar-refractivity contribution in [1.29, 1.82) is 0 Å². The fraction of sp³-hybridized carbons (Fsp3) is 0.250. The number of methoxy groups -OCH3 is 2. The van der Waals surface area contributed by atoms with Gasteiger partial charge in [0.15, 0.2) is 5.43 Å². The van der Waals surface area contributed by atoms with Crippen molar-refractivity contribution in [3.8, 4) is 11.7 Å². The summed E-state index contributed by atoms with van der Waals surface area (Å²) in [7, 11) is 3.02. The van der Waals surface area contributed by atoms with E-state index in [9.17, 15) is 4.79 Å². The van der Waals surface area contributed by atoms with Crippen LogP contribution >= 0.6 is 0 Å². The number of rotatable bonds is 2. The Balaban J connectivity index is 2.84. The summed E-state index contributed by atoms with van der Waals surface area (Å²) in [5.74, 6) is 0.853. The van der Waals surface area contributed by atoms with Crippen molar-refractivity contribution in [2.24, 2.45) is 0 Å². The molecule has 0 fully saturated rings. The van der Waals surface area contributed by atoms with E-state index < -0.39 is 0 Å². The maximum Gasteiger partial charge on any atom is 0.288 e. The third-order valence-corrected chi connectivity index (χ3v) is 2.42. The van der Waals surface area contributed by atoms with Crippen LogP contribution in [0.4, 0.5) is 0 Å². The molecule has 1 heterocycles. The molecule has 2 aromatic rings. The van der Waals surface area contributed by atoms with Gasteiger partial charge in [-0.2, -0.15) is 0 Å². The lowest BCUT2D eigenvalue weighted by Gasteiger charge is -2.06. The average Bonchev–Trinajstić information content (AvgIpc) is 2.27. The maximum absolute atomic E-state index is 11.8. The second kappa shape index (κ2) is 3.89. The highest BCUT2D eigenvalue weighted by atomic mass is 16.6. The third kappa shape index (κ3) is 1.62. The second-order valence-corrected chi connectivity index (χ2v) is 3.45. The summed E-state index contributed by atoms with van der Waals surface area (Å²) in [6, 6.07) is 4.81. The van der Waals surface area contributed by atoms with E-state index in [0.29, 0.717) is 16.7 Å². The lowest BCUT2D eigenvalue weighted by atomic mass is 10.1. The van der Waals surface area contributed by atoms with Gasteiger partial charge in [-0.1, -0.05) is 0 Å². The molecule has 0 saturated heterocycles. The van der Waals surface area contributed by atoms with Gasteiger partial charge in [0.25, 0.3) is 5.95 Å². The smallest absolute Gasteiger partial charge is 0.288 e. The Morgan fingerprint density at radius 2 is 1.88 bits per heavy atom. The van der Waals surface area contributed by atoms with Crippen molar-refractivity contribution >= 4 is 11.0 Å². The zero-order valence-electron chi connectivity index (χ0n) is 9.37. The molecule has 0 aliphatic rings. The van der Waals surface area contributed by atoms with Gasteiger partial charge in [-0.05, 0) is 18.6 Å². The summed E-state index contributed by atoms with van der Waals surface area (Å²) in [6.45, 7) is 1.84. The normalized spacial score (nSPS) is 10.4. The number of aryl methyl sites for hydroxylation is 1. The molecule has 0 aliphatic heterocycles. The quantitative estimate of drug-likeness (QED) is 0.777. The predicted molar refractivity (Wildman–Crippen MR) is 60.3 cm³/mol. The SMILES string of the molecule is COc1cc(C)c2c(=O)cc(OC)oc2c1. The molecule has 1 aromatic carbocycles. The Hall–Kier alpha value is -1.97. The van der Waals surface area contributed by atoms with Crippen LogP contribution in [-0.4, -0.2) is 14.2 Å². The van der Waals surface area contributed by atoms with Crippen LogP contribution in [0.3, 0.4) is 0 Å². The van der Waals surface area contributed by atoms with Crippen molar-refractivity contribution in [2.75, 3.05) is 14.2 Å². The van der Waals surface area contributed by atoms with E-state index >= 15 is 0 Å². The summed E-state index contributed by atoms with van der Waals surface area (Å²) < 4.78 is 15.4. The van der Waals surface area contributed by atoms with Gasteiger partial charge in [0.1, 0.15) is 11.3 Å². The molecule has 4 nitrogen and oxygen atoms in total. The van der Waals surface area contributed by atoms with E-state index in [1.54, 1.807) is 19.2 Å². The molecular weight excluding hydrogens is 208 g/mol. The Labute approximate surface area is 92.4 Å². The van der Waals surface area contributed by atoms with Crippen LogP contribution in [0.2, 0.25) is 0 Å². The summed E-state index contributed by atoms with van der Waals surface area (Å²) in [4.78, 5) is 11.8. The minimum Gasteiger partial charge on any atom is -0.497 e. The lowest BCUT2D eigenvalue weighted by molar-refractivity contribution is 0.309. The highest BCUT2D eigenvalue weighted by Gasteiger charge is 2.09. The van der Waals surface area contributed by atoms with Crippen molar-refractivity contribution in [2.45, 2.75) is 6.92 Å². The van der Waals surface area contributed by atoms with E-state index in [4.69, 9.17) is 13.9 Å². The molecule has 4 heteroatoms. The van der Waals surface area contributed by atoms with E-state index in [-0.39, 0.29) is 11.4 Å². The van der Waals surface area contributed by atoms with Crippen LogP contribution in [-0.2, 0) is 0 Å². The molecule has 0 atom stereocenters. The standard InChI is InChI=1S/C12H12O4/c1-7-4-8(14-2)5-10-12(7)9(13)6-11(15-3)16-10/h4-6H,1-3H3. The van der Waals surface area contributed by atoms with Gasteiger partial charge < -0.3 is 13.9 Å². The average molecular weight is 220 g/mol. The second-order valence-electron chi connectivity index (χ2n) is 3.45. The first-order valence-corrected chi connectivity index (χ1v) is 4.82. The number of ether oxygens (including phenoxy) is 2. The van der Waals surface area contributed by atoms with Crippen LogP contribution in [0.25, 0.3) is 11.0 Å². The van der Waals surface area contributed by atoms with Crippen molar-refractivity contribution in [1.82, 2.24) is 0 Å². The molecule has 1 aromatic heterocycles. The molecule has 16 heavy (non-hydrogen) atoms. The van der Waals surface area contributed by atoms with Gasteiger partial charge in [-0.3, -0.25) is 4.79 Å². The molecule has 0 unspecified atom stereocenters. The fourth-order valence-electron chi connectivity index (χ4n) is 1.65. The molecule has 0 spiro atoms. The summed E-state index contributed by atoms with van der Waals surface area (Å²) in [5.41, 5.74) is 1.19. The fourth-order valence-corrected chi connectivity index (χ4v) is 1.65. The lowest BCUT2D eigenvalue weighted by Crippen LogP contribution is -2.03. The first-order valence-electron chi connectivity index (χ1n) is 4.82. The molecule has 0 aliphatic carbocycles. The summed E-state index contributed by atoms with van der Waals surface area (Å²) >= 11 is 0. The number of benzene rings is 1. The van der Waals surface area contributed by atoms with Gasteiger partial charge >= 0.3 is 0 Å². The highest BCUT2D eigenvalue weighted by molar-refractivity contribution is 5.82. The van der Waals surface area contributed by atoms with Crippen molar-refractivity contribution in [3.05, 3.63) is 34.0 Å². The van der Waals surface area contributed by atoms with Gasteiger partial charge in [-0.15, -0.1) is 0 Å². The summed E-state index contributed by atoms with van der Waals surface area (Å²) in [5, 5.41) is 0.557. The molecule has 0 N–H and O–H groups in total. The molecular formula is C12H12O4. The maximum atomic E-state index is 11.8. The van der Waals surface area contributed by atoms with Crippen LogP contribution in [0.5, 0.6) is 11.7 Å². The number of hydrogen-bond donors (Lipinski definition) is 0. The van der Waals surface area contributed by atoms with Crippen molar-refractivity contribution < 1.29 is 13.9 Å². The van der Waals surface area contributed by atoms with Crippen molar-refractivity contribution in [3.63, 3.8) is 0 Å². The number of fused-ring (bicyclic) bond motifs is 1. The van der Waals surface area contributed by atoms with Crippen LogP contribution in [0.15, 0.2) is 27.4 Å². The minimum absolute atomic E-state index is 0.113. The topological polar surface area (TPSA) is 48.7 Å². The van der Waals surface area contributed by atoms with Gasteiger partial charge in [0.2, 0.25) is 0 Å². The Morgan fingerprint density at radius 1 is 1.12 bits per heavy atom. The molecule has 0 bridgehead atoms. The minimum atomic E-state index is -0.113. The van der Waals surface area contributed by atoms with Crippen LogP contribution in [0, 0.1) is 6.92 Å². The molecule has 0 saturated carbocycles. The van der Waals surface area contributed by atoms with Gasteiger partial charge in [0.05, 0.1) is 25.7 Å².